The van der Waals surface area contributed by atoms with Gasteiger partial charge in [-0.25, -0.2) is 4.39 Å². The van der Waals surface area contributed by atoms with Crippen molar-refractivity contribution in [2.24, 2.45) is 5.41 Å². The van der Waals surface area contributed by atoms with Crippen molar-refractivity contribution in [2.75, 3.05) is 11.9 Å². The Morgan fingerprint density at radius 2 is 1.78 bits per heavy atom. The molecule has 0 amide bonds. The van der Waals surface area contributed by atoms with Crippen molar-refractivity contribution < 1.29 is 9.50 Å². The predicted molar refractivity (Wildman–Crippen MR) is 74.4 cm³/mol. The summed E-state index contributed by atoms with van der Waals surface area (Å²) in [5.41, 5.74) is 1.63. The Kier molecular flexibility index (Phi) is 4.38. The van der Waals surface area contributed by atoms with Crippen LogP contribution in [0.5, 0.6) is 0 Å². The van der Waals surface area contributed by atoms with E-state index in [1.54, 1.807) is 13.0 Å². The molecule has 102 valence electrons. The van der Waals surface area contributed by atoms with Crippen LogP contribution in [0.15, 0.2) is 18.2 Å². The van der Waals surface area contributed by atoms with Gasteiger partial charge in [-0.2, -0.15) is 0 Å². The molecule has 0 aliphatic rings. The summed E-state index contributed by atoms with van der Waals surface area (Å²) in [5, 5.41) is 9.77. The average molecular weight is 253 g/mol. The Morgan fingerprint density at radius 1 is 1.22 bits per heavy atom. The molecule has 0 radical (unpaired) electrons. The molecule has 0 spiro atoms. The number of aliphatic hydroxyl groups excluding tert-OH is 1. The van der Waals surface area contributed by atoms with Gasteiger partial charge in [-0.05, 0) is 37.5 Å². The lowest BCUT2D eigenvalue weighted by atomic mass is 9.86. The summed E-state index contributed by atoms with van der Waals surface area (Å²) in [4.78, 5) is 2.10. The van der Waals surface area contributed by atoms with Gasteiger partial charge in [0.1, 0.15) is 5.82 Å². The molecule has 2 nitrogen and oxygen atoms in total. The maximum Gasteiger partial charge on any atom is 0.123 e. The summed E-state index contributed by atoms with van der Waals surface area (Å²) in [6, 6.07) is 4.86. The van der Waals surface area contributed by atoms with Crippen LogP contribution in [0.25, 0.3) is 0 Å². The predicted octanol–water partition coefficient (Wildman–Crippen LogP) is 3.75. The molecule has 0 aliphatic heterocycles. The molecule has 0 aromatic heterocycles. The molecule has 1 rings (SSSR count). The third-order valence-corrected chi connectivity index (χ3v) is 3.65. The molecule has 0 heterocycles. The van der Waals surface area contributed by atoms with Crippen LogP contribution in [0.4, 0.5) is 10.1 Å². The van der Waals surface area contributed by atoms with E-state index in [0.717, 1.165) is 5.69 Å². The molecule has 1 N–H and O–H groups in total. The van der Waals surface area contributed by atoms with Crippen molar-refractivity contribution in [3.05, 3.63) is 29.6 Å². The number of nitrogens with zero attached hydrogens (tertiary/aromatic N) is 1. The molecule has 0 aliphatic carbocycles. The maximum atomic E-state index is 13.3. The lowest BCUT2D eigenvalue weighted by Gasteiger charge is -2.38. The highest BCUT2D eigenvalue weighted by Gasteiger charge is 2.26. The molecule has 0 bridgehead atoms. The van der Waals surface area contributed by atoms with E-state index < -0.39 is 6.10 Å². The molecule has 0 fully saturated rings. The number of benzene rings is 1. The van der Waals surface area contributed by atoms with Gasteiger partial charge in [-0.1, -0.05) is 20.8 Å². The summed E-state index contributed by atoms with van der Waals surface area (Å²) < 4.78 is 13.3. The van der Waals surface area contributed by atoms with Gasteiger partial charge in [0.2, 0.25) is 0 Å². The second-order valence-corrected chi connectivity index (χ2v) is 6.03. The van der Waals surface area contributed by atoms with E-state index in [1.807, 2.05) is 7.05 Å². The monoisotopic (exact) mass is 253 g/mol. The molecule has 0 saturated heterocycles. The molecule has 0 saturated carbocycles. The van der Waals surface area contributed by atoms with Gasteiger partial charge in [0.15, 0.2) is 0 Å². The molecule has 18 heavy (non-hydrogen) atoms. The van der Waals surface area contributed by atoms with Gasteiger partial charge in [0.25, 0.3) is 0 Å². The first-order valence-corrected chi connectivity index (χ1v) is 6.35. The minimum Gasteiger partial charge on any atom is -0.389 e. The van der Waals surface area contributed by atoms with Gasteiger partial charge in [-0.3, -0.25) is 0 Å². The van der Waals surface area contributed by atoms with Crippen molar-refractivity contribution in [1.29, 1.82) is 0 Å². The Bertz CT molecular complexity index is 409. The zero-order valence-corrected chi connectivity index (χ0v) is 12.2. The van der Waals surface area contributed by atoms with Crippen LogP contribution in [-0.4, -0.2) is 18.2 Å². The van der Waals surface area contributed by atoms with Gasteiger partial charge in [-0.15, -0.1) is 0 Å². The normalized spacial score (nSPS) is 15.3. The van der Waals surface area contributed by atoms with Crippen molar-refractivity contribution in [1.82, 2.24) is 0 Å². The first-order valence-electron chi connectivity index (χ1n) is 6.35. The Hall–Kier alpha value is -1.09. The minimum atomic E-state index is -0.676. The number of hydrogen-bond acceptors (Lipinski definition) is 2. The zero-order valence-electron chi connectivity index (χ0n) is 12.2. The van der Waals surface area contributed by atoms with E-state index in [4.69, 9.17) is 0 Å². The molecule has 1 unspecified atom stereocenters. The lowest BCUT2D eigenvalue weighted by Crippen LogP contribution is -2.40. The topological polar surface area (TPSA) is 23.5 Å². The van der Waals surface area contributed by atoms with Crippen LogP contribution >= 0.6 is 0 Å². The van der Waals surface area contributed by atoms with Crippen LogP contribution in [0.2, 0.25) is 0 Å². The first-order chi connectivity index (χ1) is 8.14. The SMILES string of the molecule is CC(N(C)c1ccc(F)cc1[C@H](C)O)C(C)(C)C. The van der Waals surface area contributed by atoms with Crippen LogP contribution < -0.4 is 4.90 Å². The summed E-state index contributed by atoms with van der Waals surface area (Å²) in [7, 11) is 1.98. The third kappa shape index (κ3) is 3.22. The first kappa shape index (κ1) is 15.0. The fourth-order valence-corrected chi connectivity index (χ4v) is 1.97. The van der Waals surface area contributed by atoms with Crippen LogP contribution in [0.1, 0.15) is 46.3 Å². The molecule has 1 aromatic carbocycles. The summed E-state index contributed by atoms with van der Waals surface area (Å²) in [5.74, 6) is -0.313. The third-order valence-electron chi connectivity index (χ3n) is 3.65. The van der Waals surface area contributed by atoms with Crippen molar-refractivity contribution >= 4 is 5.69 Å². The van der Waals surface area contributed by atoms with Gasteiger partial charge >= 0.3 is 0 Å². The molecule has 3 heteroatoms. The highest BCUT2D eigenvalue weighted by Crippen LogP contribution is 2.32. The molecule has 1 aromatic rings. The maximum absolute atomic E-state index is 13.3. The molecular weight excluding hydrogens is 229 g/mol. The van der Waals surface area contributed by atoms with Crippen molar-refractivity contribution in [2.45, 2.75) is 46.8 Å². The van der Waals surface area contributed by atoms with E-state index in [9.17, 15) is 9.50 Å². The molecule has 2 atom stereocenters. The highest BCUT2D eigenvalue weighted by molar-refractivity contribution is 5.55. The number of anilines is 1. The summed E-state index contributed by atoms with van der Waals surface area (Å²) in [6.45, 7) is 10.3. The van der Waals surface area contributed by atoms with Crippen LogP contribution in [0.3, 0.4) is 0 Å². The van der Waals surface area contributed by atoms with Gasteiger partial charge < -0.3 is 10.0 Å². The standard InChI is InChI=1S/C15H24FNO/c1-10(18)13-9-12(16)7-8-14(13)17(6)11(2)15(3,4)5/h7-11,18H,1-6H3/t10-,11?/m0/s1. The average Bonchev–Trinajstić information content (AvgIpc) is 2.25. The van der Waals surface area contributed by atoms with Crippen LogP contribution in [0, 0.1) is 11.2 Å². The van der Waals surface area contributed by atoms with Crippen molar-refractivity contribution in [3.8, 4) is 0 Å². The second kappa shape index (κ2) is 5.27. The second-order valence-electron chi connectivity index (χ2n) is 6.03. The zero-order chi connectivity index (χ0) is 14.1. The Labute approximate surface area is 109 Å². The van der Waals surface area contributed by atoms with Crippen LogP contribution in [-0.2, 0) is 0 Å². The smallest absolute Gasteiger partial charge is 0.123 e. The Morgan fingerprint density at radius 3 is 2.22 bits per heavy atom. The lowest BCUT2D eigenvalue weighted by molar-refractivity contribution is 0.198. The van der Waals surface area contributed by atoms with E-state index in [1.165, 1.54) is 12.1 Å². The van der Waals surface area contributed by atoms with Gasteiger partial charge in [0, 0.05) is 24.3 Å². The highest BCUT2D eigenvalue weighted by atomic mass is 19.1. The van der Waals surface area contributed by atoms with E-state index in [0.29, 0.717) is 5.56 Å². The minimum absolute atomic E-state index is 0.110. The number of rotatable bonds is 3. The number of halogens is 1. The molecular formula is C15H24FNO. The van der Waals surface area contributed by atoms with E-state index >= 15 is 0 Å². The van der Waals surface area contributed by atoms with Gasteiger partial charge in [0.05, 0.1) is 6.10 Å². The largest absolute Gasteiger partial charge is 0.389 e. The fourth-order valence-electron chi connectivity index (χ4n) is 1.97. The summed E-state index contributed by atoms with van der Waals surface area (Å²) in [6.07, 6.45) is -0.676. The Balaban J connectivity index is 3.17. The van der Waals surface area contributed by atoms with E-state index in [2.05, 4.69) is 32.6 Å². The van der Waals surface area contributed by atoms with Crippen molar-refractivity contribution in [3.63, 3.8) is 0 Å². The quantitative estimate of drug-likeness (QED) is 0.886. The number of hydrogen-bond donors (Lipinski definition) is 1. The number of aliphatic hydroxyl groups is 1. The summed E-state index contributed by atoms with van der Waals surface area (Å²) >= 11 is 0. The fraction of sp³-hybridized carbons (Fsp3) is 0.600. The van der Waals surface area contributed by atoms with E-state index in [-0.39, 0.29) is 17.3 Å².